The summed E-state index contributed by atoms with van der Waals surface area (Å²) in [5.74, 6) is -1.11. The summed E-state index contributed by atoms with van der Waals surface area (Å²) in [7, 11) is 1.77. The fourth-order valence-corrected chi connectivity index (χ4v) is 1.70. The molecule has 0 radical (unpaired) electrons. The Bertz CT molecular complexity index is 395. The molecule has 3 nitrogen and oxygen atoms in total. The molecule has 0 aliphatic carbocycles. The van der Waals surface area contributed by atoms with E-state index in [9.17, 15) is 9.18 Å². The normalized spacial score (nSPS) is 14.6. The zero-order chi connectivity index (χ0) is 13.0. The molecule has 1 rings (SSSR count). The van der Waals surface area contributed by atoms with Crippen LogP contribution in [0.25, 0.3) is 0 Å². The molecule has 4 heteroatoms. The highest BCUT2D eigenvalue weighted by atomic mass is 19.1. The fourth-order valence-electron chi connectivity index (χ4n) is 1.70. The van der Waals surface area contributed by atoms with E-state index in [1.807, 2.05) is 13.0 Å². The minimum absolute atomic E-state index is 0.0444. The van der Waals surface area contributed by atoms with Gasteiger partial charge in [0.1, 0.15) is 11.9 Å². The Kier molecular flexibility index (Phi) is 4.63. The Labute approximate surface area is 101 Å². The van der Waals surface area contributed by atoms with Gasteiger partial charge in [-0.1, -0.05) is 12.1 Å². The van der Waals surface area contributed by atoms with Gasteiger partial charge in [-0.15, -0.1) is 0 Å². The van der Waals surface area contributed by atoms with Crippen LogP contribution in [-0.2, 0) is 11.2 Å². The molecule has 2 unspecified atom stereocenters. The van der Waals surface area contributed by atoms with Gasteiger partial charge in [-0.05, 0) is 45.0 Å². The van der Waals surface area contributed by atoms with E-state index in [1.54, 1.807) is 24.9 Å². The molecule has 0 amide bonds. The van der Waals surface area contributed by atoms with Gasteiger partial charge in [0.2, 0.25) is 0 Å². The van der Waals surface area contributed by atoms with Crippen LogP contribution in [0.1, 0.15) is 19.4 Å². The maximum atomic E-state index is 13.0. The van der Waals surface area contributed by atoms with Crippen molar-refractivity contribution < 1.29 is 14.3 Å². The van der Waals surface area contributed by atoms with Crippen molar-refractivity contribution >= 4 is 5.97 Å². The summed E-state index contributed by atoms with van der Waals surface area (Å²) in [5, 5.41) is 8.91. The van der Waals surface area contributed by atoms with Gasteiger partial charge >= 0.3 is 5.97 Å². The molecule has 0 fully saturated rings. The first-order valence-corrected chi connectivity index (χ1v) is 5.61. The predicted octanol–water partition coefficient (Wildman–Crippen LogP) is 2.16. The number of benzene rings is 1. The molecule has 17 heavy (non-hydrogen) atoms. The van der Waals surface area contributed by atoms with Crippen molar-refractivity contribution in [2.24, 2.45) is 0 Å². The van der Waals surface area contributed by atoms with E-state index in [0.717, 1.165) is 5.56 Å². The molecule has 0 spiro atoms. The number of rotatable bonds is 5. The molecular weight excluding hydrogens is 221 g/mol. The zero-order valence-electron chi connectivity index (χ0n) is 10.4. The Morgan fingerprint density at radius 1 is 1.47 bits per heavy atom. The summed E-state index contributed by atoms with van der Waals surface area (Å²) in [4.78, 5) is 12.6. The summed E-state index contributed by atoms with van der Waals surface area (Å²) in [6, 6.07) is 5.89. The Morgan fingerprint density at radius 2 is 2.12 bits per heavy atom. The third-order valence-corrected chi connectivity index (χ3v) is 3.08. The van der Waals surface area contributed by atoms with E-state index in [1.165, 1.54) is 12.1 Å². The average Bonchev–Trinajstić information content (AvgIpc) is 2.26. The standard InChI is InChI=1S/C13H18FNO2/c1-9(15(3)10(2)13(16)17)7-11-5-4-6-12(14)8-11/h4-6,8-10H,7H2,1-3H3,(H,16,17). The summed E-state index contributed by atoms with van der Waals surface area (Å²) < 4.78 is 13.0. The first-order chi connectivity index (χ1) is 7.91. The Balaban J connectivity index is 2.66. The monoisotopic (exact) mass is 239 g/mol. The minimum atomic E-state index is -0.849. The molecule has 0 heterocycles. The smallest absolute Gasteiger partial charge is 0.320 e. The van der Waals surface area contributed by atoms with E-state index >= 15 is 0 Å². The molecule has 0 saturated carbocycles. The van der Waals surface area contributed by atoms with Gasteiger partial charge in [-0.25, -0.2) is 4.39 Å². The minimum Gasteiger partial charge on any atom is -0.480 e. The lowest BCUT2D eigenvalue weighted by atomic mass is 10.1. The van der Waals surface area contributed by atoms with Crippen molar-refractivity contribution in [1.29, 1.82) is 0 Å². The quantitative estimate of drug-likeness (QED) is 0.856. The van der Waals surface area contributed by atoms with E-state index < -0.39 is 12.0 Å². The summed E-state index contributed by atoms with van der Waals surface area (Å²) in [6.45, 7) is 3.58. The fraction of sp³-hybridized carbons (Fsp3) is 0.462. The van der Waals surface area contributed by atoms with E-state index in [-0.39, 0.29) is 11.9 Å². The van der Waals surface area contributed by atoms with Crippen LogP contribution in [0.15, 0.2) is 24.3 Å². The molecule has 0 aliphatic rings. The van der Waals surface area contributed by atoms with Crippen molar-refractivity contribution in [3.8, 4) is 0 Å². The predicted molar refractivity (Wildman–Crippen MR) is 64.4 cm³/mol. The number of likely N-dealkylation sites (N-methyl/N-ethyl adjacent to an activating group) is 1. The molecule has 1 N–H and O–H groups in total. The molecule has 1 aromatic carbocycles. The van der Waals surface area contributed by atoms with Crippen LogP contribution in [0.4, 0.5) is 4.39 Å². The highest BCUT2D eigenvalue weighted by molar-refractivity contribution is 5.72. The first-order valence-electron chi connectivity index (χ1n) is 5.61. The second-order valence-corrected chi connectivity index (χ2v) is 4.36. The van der Waals surface area contributed by atoms with E-state index in [2.05, 4.69) is 0 Å². The van der Waals surface area contributed by atoms with Crippen molar-refractivity contribution in [3.63, 3.8) is 0 Å². The SMILES string of the molecule is CC(Cc1cccc(F)c1)N(C)C(C)C(=O)O. The van der Waals surface area contributed by atoms with Crippen LogP contribution in [-0.4, -0.2) is 35.1 Å². The number of aliphatic carboxylic acids is 1. The van der Waals surface area contributed by atoms with Crippen molar-refractivity contribution in [3.05, 3.63) is 35.6 Å². The third kappa shape index (κ3) is 3.82. The maximum Gasteiger partial charge on any atom is 0.320 e. The largest absolute Gasteiger partial charge is 0.480 e. The second-order valence-electron chi connectivity index (χ2n) is 4.36. The van der Waals surface area contributed by atoms with Crippen LogP contribution in [0.3, 0.4) is 0 Å². The Hall–Kier alpha value is -1.42. The number of hydrogen-bond donors (Lipinski definition) is 1. The van der Waals surface area contributed by atoms with Gasteiger partial charge in [0.25, 0.3) is 0 Å². The number of carbonyl (C=O) groups is 1. The van der Waals surface area contributed by atoms with Crippen molar-refractivity contribution in [2.75, 3.05) is 7.05 Å². The van der Waals surface area contributed by atoms with E-state index in [0.29, 0.717) is 6.42 Å². The van der Waals surface area contributed by atoms with Crippen LogP contribution in [0.5, 0.6) is 0 Å². The Morgan fingerprint density at radius 3 is 2.65 bits per heavy atom. The van der Waals surface area contributed by atoms with Crippen molar-refractivity contribution in [2.45, 2.75) is 32.4 Å². The summed E-state index contributed by atoms with van der Waals surface area (Å²) >= 11 is 0. The highest BCUT2D eigenvalue weighted by Gasteiger charge is 2.21. The molecule has 0 saturated heterocycles. The lowest BCUT2D eigenvalue weighted by Crippen LogP contribution is -2.42. The molecule has 1 aromatic rings. The van der Waals surface area contributed by atoms with E-state index in [4.69, 9.17) is 5.11 Å². The van der Waals surface area contributed by atoms with Gasteiger partial charge in [-0.2, -0.15) is 0 Å². The average molecular weight is 239 g/mol. The number of carboxylic acid groups (broad SMARTS) is 1. The topological polar surface area (TPSA) is 40.5 Å². The maximum absolute atomic E-state index is 13.0. The van der Waals surface area contributed by atoms with Gasteiger partial charge < -0.3 is 5.11 Å². The molecule has 0 aromatic heterocycles. The lowest BCUT2D eigenvalue weighted by molar-refractivity contribution is -0.142. The van der Waals surface area contributed by atoms with Crippen LogP contribution in [0, 0.1) is 5.82 Å². The zero-order valence-corrected chi connectivity index (χ0v) is 10.4. The van der Waals surface area contributed by atoms with Crippen molar-refractivity contribution in [1.82, 2.24) is 4.90 Å². The number of halogens is 1. The van der Waals surface area contributed by atoms with Crippen LogP contribution < -0.4 is 0 Å². The first kappa shape index (κ1) is 13.6. The third-order valence-electron chi connectivity index (χ3n) is 3.08. The van der Waals surface area contributed by atoms with Gasteiger partial charge in [0.15, 0.2) is 0 Å². The number of hydrogen-bond acceptors (Lipinski definition) is 2. The number of carboxylic acids is 1. The molecule has 2 atom stereocenters. The summed E-state index contributed by atoms with van der Waals surface area (Å²) in [6.07, 6.45) is 0.631. The summed E-state index contributed by atoms with van der Waals surface area (Å²) in [5.41, 5.74) is 0.877. The molecule has 94 valence electrons. The second kappa shape index (κ2) is 5.77. The highest BCUT2D eigenvalue weighted by Crippen LogP contribution is 2.11. The van der Waals surface area contributed by atoms with Gasteiger partial charge in [0, 0.05) is 6.04 Å². The lowest BCUT2D eigenvalue weighted by Gasteiger charge is -2.28. The molecule has 0 bridgehead atoms. The number of nitrogens with zero attached hydrogens (tertiary/aromatic N) is 1. The van der Waals surface area contributed by atoms with Gasteiger partial charge in [0.05, 0.1) is 0 Å². The van der Waals surface area contributed by atoms with Gasteiger partial charge in [-0.3, -0.25) is 9.69 Å². The van der Waals surface area contributed by atoms with Crippen LogP contribution in [0.2, 0.25) is 0 Å². The van der Waals surface area contributed by atoms with Crippen LogP contribution >= 0.6 is 0 Å². The molecule has 0 aliphatic heterocycles. The molecular formula is C13H18FNO2.